The molecule has 2 bridgehead atoms. The minimum absolute atomic E-state index is 0.0802. The Morgan fingerprint density at radius 3 is 1.65 bits per heavy atom. The molecule has 15 nitrogen and oxygen atoms in total. The van der Waals surface area contributed by atoms with Crippen LogP contribution >= 0.6 is 0 Å². The van der Waals surface area contributed by atoms with Crippen molar-refractivity contribution in [3.8, 4) is 0 Å². The summed E-state index contributed by atoms with van der Waals surface area (Å²) in [6.45, 7) is -0.746. The SMILES string of the molecule is CO[C@H]1O[C@H](CO[C@H]2O[C@H](CO[C@@H]3O[C@@H]4CO[C@H]([C@H]3O)[C@@H]4O)[C@@H](O)[C@H](O)[C@H]2O)[C@@H](O)[C@H](O)[C@H]1O. The Morgan fingerprint density at radius 2 is 1.09 bits per heavy atom. The Balaban J connectivity index is 1.33. The standard InChI is InChI=1S/C19H32O15/c1-28-17-13(25)11(23)8(20)5(32-17)3-30-18-14(26)12(24)9(21)6(33-18)4-31-19-15(27)16-10(22)7(34-19)2-29-16/h5-27H,2-4H2,1H3/t5-,6-,7-,8-,9-,10-,11+,12+,13-,14-,15-,16+,17+,18+,19-/m1/s1. The number of aliphatic hydroxyl groups excluding tert-OH is 8. The van der Waals surface area contributed by atoms with Crippen molar-refractivity contribution in [3.05, 3.63) is 0 Å². The number of methoxy groups -OCH3 is 1. The summed E-state index contributed by atoms with van der Waals surface area (Å²) in [5.74, 6) is 0. The van der Waals surface area contributed by atoms with E-state index in [0.29, 0.717) is 0 Å². The highest BCUT2D eigenvalue weighted by molar-refractivity contribution is 4.96. The third-order valence-corrected chi connectivity index (χ3v) is 6.51. The molecule has 4 aliphatic rings. The highest BCUT2D eigenvalue weighted by atomic mass is 16.7. The fourth-order valence-corrected chi connectivity index (χ4v) is 4.40. The Kier molecular flexibility index (Phi) is 8.40. The monoisotopic (exact) mass is 500 g/mol. The van der Waals surface area contributed by atoms with Crippen molar-refractivity contribution in [2.75, 3.05) is 26.9 Å². The van der Waals surface area contributed by atoms with Gasteiger partial charge in [-0.15, -0.1) is 0 Å². The number of hydrogen-bond acceptors (Lipinski definition) is 15. The quantitative estimate of drug-likeness (QED) is 0.163. The van der Waals surface area contributed by atoms with Crippen molar-refractivity contribution >= 4 is 0 Å². The number of fused-ring (bicyclic) bond motifs is 2. The van der Waals surface area contributed by atoms with E-state index in [1.54, 1.807) is 0 Å². The van der Waals surface area contributed by atoms with Gasteiger partial charge in [0.15, 0.2) is 18.9 Å². The van der Waals surface area contributed by atoms with Gasteiger partial charge in [0.25, 0.3) is 0 Å². The molecule has 34 heavy (non-hydrogen) atoms. The predicted molar refractivity (Wildman–Crippen MR) is 103 cm³/mol. The highest BCUT2D eigenvalue weighted by Gasteiger charge is 2.52. The molecule has 0 saturated carbocycles. The lowest BCUT2D eigenvalue weighted by Gasteiger charge is -2.43. The van der Waals surface area contributed by atoms with Crippen molar-refractivity contribution in [1.82, 2.24) is 0 Å². The van der Waals surface area contributed by atoms with E-state index in [0.717, 1.165) is 0 Å². The van der Waals surface area contributed by atoms with Gasteiger partial charge in [0, 0.05) is 7.11 Å². The maximum atomic E-state index is 10.3. The molecule has 0 aliphatic carbocycles. The molecule has 0 aromatic heterocycles. The van der Waals surface area contributed by atoms with Crippen molar-refractivity contribution in [1.29, 1.82) is 0 Å². The molecule has 0 radical (unpaired) electrons. The van der Waals surface area contributed by atoms with E-state index in [-0.39, 0.29) is 13.2 Å². The molecule has 4 aliphatic heterocycles. The summed E-state index contributed by atoms with van der Waals surface area (Å²) < 4.78 is 37.4. The third kappa shape index (κ3) is 4.97. The van der Waals surface area contributed by atoms with E-state index in [1.165, 1.54) is 7.11 Å². The molecule has 15 atom stereocenters. The molecule has 4 heterocycles. The lowest BCUT2D eigenvalue weighted by Crippen LogP contribution is -2.62. The Bertz CT molecular complexity index is 668. The van der Waals surface area contributed by atoms with Gasteiger partial charge in [0.2, 0.25) is 0 Å². The summed E-state index contributed by atoms with van der Waals surface area (Å²) in [5.41, 5.74) is 0. The van der Waals surface area contributed by atoms with Crippen molar-refractivity contribution in [2.45, 2.75) is 92.1 Å². The summed E-state index contributed by atoms with van der Waals surface area (Å²) in [6, 6.07) is 0. The summed E-state index contributed by atoms with van der Waals surface area (Å²) in [6.07, 6.45) is -19.8. The fraction of sp³-hybridized carbons (Fsp3) is 1.00. The van der Waals surface area contributed by atoms with Crippen LogP contribution in [0.1, 0.15) is 0 Å². The van der Waals surface area contributed by atoms with Crippen molar-refractivity contribution in [2.24, 2.45) is 0 Å². The highest BCUT2D eigenvalue weighted by Crippen LogP contribution is 2.31. The molecular weight excluding hydrogens is 468 g/mol. The van der Waals surface area contributed by atoms with E-state index < -0.39 is 98.7 Å². The van der Waals surface area contributed by atoms with Crippen LogP contribution in [0.2, 0.25) is 0 Å². The van der Waals surface area contributed by atoms with Gasteiger partial charge in [-0.1, -0.05) is 0 Å². The molecule has 0 amide bonds. The molecule has 0 spiro atoms. The Hall–Kier alpha value is -0.600. The molecule has 0 unspecified atom stereocenters. The lowest BCUT2D eigenvalue weighted by molar-refractivity contribution is -0.336. The summed E-state index contributed by atoms with van der Waals surface area (Å²) in [7, 11) is 1.23. The topological polar surface area (TPSA) is 226 Å². The second kappa shape index (κ2) is 10.8. The van der Waals surface area contributed by atoms with E-state index in [4.69, 9.17) is 33.2 Å². The van der Waals surface area contributed by atoms with Gasteiger partial charge in [-0.2, -0.15) is 0 Å². The van der Waals surface area contributed by atoms with Crippen LogP contribution in [0, 0.1) is 0 Å². The van der Waals surface area contributed by atoms with E-state index in [1.807, 2.05) is 0 Å². The van der Waals surface area contributed by atoms with Crippen molar-refractivity contribution < 1.29 is 74.0 Å². The van der Waals surface area contributed by atoms with Gasteiger partial charge in [-0.3, -0.25) is 0 Å². The zero-order valence-electron chi connectivity index (χ0n) is 18.2. The Labute approximate surface area is 193 Å². The first kappa shape index (κ1) is 26.5. The second-order valence-corrected chi connectivity index (χ2v) is 8.75. The number of aliphatic hydroxyl groups is 8. The van der Waals surface area contributed by atoms with Crippen LogP contribution in [0.15, 0.2) is 0 Å². The van der Waals surface area contributed by atoms with Gasteiger partial charge >= 0.3 is 0 Å². The van der Waals surface area contributed by atoms with Crippen LogP contribution < -0.4 is 0 Å². The van der Waals surface area contributed by atoms with Gasteiger partial charge < -0.3 is 74.0 Å². The zero-order valence-corrected chi connectivity index (χ0v) is 18.2. The van der Waals surface area contributed by atoms with E-state index in [2.05, 4.69) is 0 Å². The number of ether oxygens (including phenoxy) is 7. The summed E-state index contributed by atoms with van der Waals surface area (Å²) in [4.78, 5) is 0. The average Bonchev–Trinajstić information content (AvgIpc) is 3.09. The van der Waals surface area contributed by atoms with E-state index >= 15 is 0 Å². The number of rotatable bonds is 7. The first-order chi connectivity index (χ1) is 16.1. The second-order valence-electron chi connectivity index (χ2n) is 8.75. The molecule has 15 heteroatoms. The summed E-state index contributed by atoms with van der Waals surface area (Å²) >= 11 is 0. The molecular formula is C19H32O15. The Morgan fingerprint density at radius 1 is 0.588 bits per heavy atom. The number of hydrogen-bond donors (Lipinski definition) is 8. The molecule has 4 saturated heterocycles. The maximum Gasteiger partial charge on any atom is 0.186 e. The minimum atomic E-state index is -1.69. The lowest BCUT2D eigenvalue weighted by atomic mass is 9.98. The molecule has 4 fully saturated rings. The molecule has 0 aromatic rings. The van der Waals surface area contributed by atoms with Gasteiger partial charge in [0.05, 0.1) is 19.8 Å². The molecule has 8 N–H and O–H groups in total. The van der Waals surface area contributed by atoms with Crippen LogP contribution in [0.25, 0.3) is 0 Å². The zero-order chi connectivity index (χ0) is 24.7. The maximum absolute atomic E-state index is 10.3. The fourth-order valence-electron chi connectivity index (χ4n) is 4.40. The van der Waals surface area contributed by atoms with Gasteiger partial charge in [0.1, 0.15) is 73.2 Å². The summed E-state index contributed by atoms with van der Waals surface area (Å²) in [5, 5.41) is 80.9. The van der Waals surface area contributed by atoms with Crippen LogP contribution in [0.5, 0.6) is 0 Å². The normalized spacial score (nSPS) is 53.7. The van der Waals surface area contributed by atoms with Gasteiger partial charge in [-0.05, 0) is 0 Å². The molecule has 198 valence electrons. The smallest absolute Gasteiger partial charge is 0.186 e. The molecule has 0 aromatic carbocycles. The predicted octanol–water partition coefficient (Wildman–Crippen LogP) is -5.87. The van der Waals surface area contributed by atoms with Gasteiger partial charge in [-0.25, -0.2) is 0 Å². The third-order valence-electron chi connectivity index (χ3n) is 6.51. The van der Waals surface area contributed by atoms with Crippen LogP contribution in [-0.2, 0) is 33.2 Å². The van der Waals surface area contributed by atoms with E-state index in [9.17, 15) is 40.9 Å². The van der Waals surface area contributed by atoms with Crippen LogP contribution in [0.3, 0.4) is 0 Å². The largest absolute Gasteiger partial charge is 0.387 e. The molecule has 4 rings (SSSR count). The first-order valence-corrected chi connectivity index (χ1v) is 10.9. The van der Waals surface area contributed by atoms with Crippen LogP contribution in [0.4, 0.5) is 0 Å². The van der Waals surface area contributed by atoms with Crippen molar-refractivity contribution in [3.63, 3.8) is 0 Å². The first-order valence-electron chi connectivity index (χ1n) is 10.9. The van der Waals surface area contributed by atoms with Crippen LogP contribution in [-0.4, -0.2) is 160 Å². The average molecular weight is 500 g/mol. The minimum Gasteiger partial charge on any atom is -0.387 e.